The topological polar surface area (TPSA) is 82.1 Å². The van der Waals surface area contributed by atoms with Crippen molar-refractivity contribution in [3.05, 3.63) is 52.8 Å². The molecular weight excluding hydrogens is 544 g/mol. The van der Waals surface area contributed by atoms with Gasteiger partial charge in [-0.25, -0.2) is 12.8 Å². The summed E-state index contributed by atoms with van der Waals surface area (Å²) >= 11 is 0. The number of hydrogen-bond acceptors (Lipinski definition) is 6. The summed E-state index contributed by atoms with van der Waals surface area (Å²) < 4.78 is 119. The molecule has 0 N–H and O–H groups in total. The zero-order valence-electron chi connectivity index (χ0n) is 20.0. The minimum Gasteiger partial charge on any atom is -0.487 e. The molecule has 0 bridgehead atoms. The van der Waals surface area contributed by atoms with Crippen molar-refractivity contribution in [2.24, 2.45) is 0 Å². The number of sulfone groups is 1. The molecule has 208 valence electrons. The van der Waals surface area contributed by atoms with Crippen LogP contribution in [0.25, 0.3) is 0 Å². The van der Waals surface area contributed by atoms with Crippen LogP contribution in [0.5, 0.6) is 11.5 Å². The van der Waals surface area contributed by atoms with Crippen LogP contribution in [0.1, 0.15) is 34.3 Å². The van der Waals surface area contributed by atoms with Crippen LogP contribution in [0.3, 0.4) is 0 Å². The maximum Gasteiger partial charge on any atom is 0.456 e. The van der Waals surface area contributed by atoms with Crippen LogP contribution in [-0.2, 0) is 27.7 Å². The molecule has 0 saturated carbocycles. The van der Waals surface area contributed by atoms with Gasteiger partial charge < -0.3 is 19.1 Å². The third-order valence-corrected chi connectivity index (χ3v) is 7.27. The molecule has 0 spiro atoms. The minimum atomic E-state index is -5.89. The maximum absolute atomic E-state index is 14.7. The van der Waals surface area contributed by atoms with Crippen LogP contribution in [0.2, 0.25) is 0 Å². The number of carbonyl (C=O) groups is 1. The van der Waals surface area contributed by atoms with Gasteiger partial charge in [0, 0.05) is 32.2 Å². The van der Waals surface area contributed by atoms with E-state index in [-0.39, 0.29) is 29.8 Å². The average Bonchev–Trinajstić information content (AvgIpc) is 3.24. The lowest BCUT2D eigenvalue weighted by Gasteiger charge is -2.23. The number of rotatable bonds is 7. The first-order valence-corrected chi connectivity index (χ1v) is 13.3. The molecule has 2 heterocycles. The van der Waals surface area contributed by atoms with E-state index in [1.54, 1.807) is 0 Å². The zero-order valence-corrected chi connectivity index (χ0v) is 20.8. The summed E-state index contributed by atoms with van der Waals surface area (Å²) in [4.78, 5) is 14.1. The molecule has 38 heavy (non-hydrogen) atoms. The summed E-state index contributed by atoms with van der Waals surface area (Å²) in [5.74, 6) is -7.43. The minimum absolute atomic E-state index is 0.0116. The van der Waals surface area contributed by atoms with E-state index in [1.165, 1.54) is 17.0 Å². The molecule has 2 aromatic rings. The summed E-state index contributed by atoms with van der Waals surface area (Å²) in [6, 6.07) is 5.27. The van der Waals surface area contributed by atoms with Crippen molar-refractivity contribution in [2.45, 2.75) is 49.0 Å². The van der Waals surface area contributed by atoms with Crippen molar-refractivity contribution in [1.82, 2.24) is 4.90 Å². The summed E-state index contributed by atoms with van der Waals surface area (Å²) in [5, 5.41) is 0. The van der Waals surface area contributed by atoms with Crippen molar-refractivity contribution in [3.8, 4) is 11.5 Å². The molecule has 4 rings (SSSR count). The Morgan fingerprint density at radius 1 is 1.03 bits per heavy atom. The maximum atomic E-state index is 14.7. The van der Waals surface area contributed by atoms with E-state index < -0.39 is 51.6 Å². The van der Waals surface area contributed by atoms with E-state index in [0.29, 0.717) is 37.2 Å². The lowest BCUT2D eigenvalue weighted by atomic mass is 10.1. The van der Waals surface area contributed by atoms with Crippen LogP contribution < -0.4 is 9.47 Å². The summed E-state index contributed by atoms with van der Waals surface area (Å²) in [5.41, 5.74) is 0.436. The summed E-state index contributed by atoms with van der Waals surface area (Å²) in [7, 11) is -3.87. The van der Waals surface area contributed by atoms with Crippen LogP contribution in [0.4, 0.5) is 26.3 Å². The number of alkyl halides is 5. The molecular formula is C24H23F6NO6S. The smallest absolute Gasteiger partial charge is 0.456 e. The van der Waals surface area contributed by atoms with Gasteiger partial charge in [-0.15, -0.1) is 0 Å². The predicted octanol–water partition coefficient (Wildman–Crippen LogP) is 4.52. The van der Waals surface area contributed by atoms with Crippen LogP contribution >= 0.6 is 0 Å². The van der Waals surface area contributed by atoms with Gasteiger partial charge in [-0.05, 0) is 41.5 Å². The Kier molecular flexibility index (Phi) is 7.58. The number of benzene rings is 2. The Hall–Kier alpha value is -3.00. The van der Waals surface area contributed by atoms with E-state index in [2.05, 4.69) is 4.74 Å². The fraction of sp³-hybridized carbons (Fsp3) is 0.458. The standard InChI is InChI=1S/C24H23F6NO6S/c1-38(33,34)17-2-3-20(36-13-23(26,27)24(28,29)30)18(10-17)22(32)31-11-14-8-19(25)21(9-15(14)12-31)37-16-4-6-35-7-5-16/h2-3,8-10,16H,4-7,11-13H2,1H3. The third kappa shape index (κ3) is 6.01. The Bertz CT molecular complexity index is 1320. The second-order valence-corrected chi connectivity index (χ2v) is 11.1. The molecule has 0 atom stereocenters. The molecule has 2 aromatic carbocycles. The fourth-order valence-electron chi connectivity index (χ4n) is 4.06. The molecule has 1 saturated heterocycles. The molecule has 2 aliphatic rings. The van der Waals surface area contributed by atoms with Crippen molar-refractivity contribution in [1.29, 1.82) is 0 Å². The highest BCUT2D eigenvalue weighted by molar-refractivity contribution is 7.90. The van der Waals surface area contributed by atoms with Crippen molar-refractivity contribution < 1.29 is 53.8 Å². The van der Waals surface area contributed by atoms with E-state index in [4.69, 9.17) is 9.47 Å². The Morgan fingerprint density at radius 3 is 2.26 bits per heavy atom. The first-order valence-electron chi connectivity index (χ1n) is 11.4. The molecule has 14 heteroatoms. The van der Waals surface area contributed by atoms with Crippen molar-refractivity contribution in [3.63, 3.8) is 0 Å². The average molecular weight is 568 g/mol. The lowest BCUT2D eigenvalue weighted by molar-refractivity contribution is -0.290. The highest BCUT2D eigenvalue weighted by Gasteiger charge is 2.58. The Morgan fingerprint density at radius 2 is 1.66 bits per heavy atom. The van der Waals surface area contributed by atoms with Gasteiger partial charge in [0.05, 0.1) is 23.7 Å². The van der Waals surface area contributed by atoms with Crippen LogP contribution in [0, 0.1) is 5.82 Å². The van der Waals surface area contributed by atoms with Crippen LogP contribution in [-0.4, -0.2) is 63.5 Å². The van der Waals surface area contributed by atoms with E-state index in [1.807, 2.05) is 0 Å². The SMILES string of the molecule is CS(=O)(=O)c1ccc(OCC(F)(F)C(F)(F)F)c(C(=O)N2Cc3cc(F)c(OC4CCOCC4)cc3C2)c1. The molecule has 1 amide bonds. The van der Waals surface area contributed by atoms with Gasteiger partial charge in [0.1, 0.15) is 11.9 Å². The monoisotopic (exact) mass is 567 g/mol. The van der Waals surface area contributed by atoms with Crippen molar-refractivity contribution in [2.75, 3.05) is 26.1 Å². The van der Waals surface area contributed by atoms with Crippen molar-refractivity contribution >= 4 is 15.7 Å². The summed E-state index contributed by atoms with van der Waals surface area (Å²) in [6.45, 7) is -1.35. The number of hydrogen-bond donors (Lipinski definition) is 0. The second-order valence-electron chi connectivity index (χ2n) is 9.06. The first kappa shape index (κ1) is 28.0. The molecule has 0 unspecified atom stereocenters. The number of fused-ring (bicyclic) bond motifs is 1. The third-order valence-electron chi connectivity index (χ3n) is 6.16. The molecule has 1 fully saturated rings. The Labute approximate surface area is 214 Å². The highest BCUT2D eigenvalue weighted by Crippen LogP contribution is 2.37. The predicted molar refractivity (Wildman–Crippen MR) is 120 cm³/mol. The van der Waals surface area contributed by atoms with E-state index in [9.17, 15) is 39.6 Å². The zero-order chi connectivity index (χ0) is 27.9. The van der Waals surface area contributed by atoms with Gasteiger partial charge in [-0.2, -0.15) is 22.0 Å². The number of amides is 1. The first-order chi connectivity index (χ1) is 17.7. The molecule has 7 nitrogen and oxygen atoms in total. The number of carbonyl (C=O) groups excluding carboxylic acids is 1. The fourth-order valence-corrected chi connectivity index (χ4v) is 4.71. The largest absolute Gasteiger partial charge is 0.487 e. The second kappa shape index (κ2) is 10.3. The quantitative estimate of drug-likeness (QED) is 0.458. The molecule has 0 aromatic heterocycles. The van der Waals surface area contributed by atoms with Gasteiger partial charge in [0.25, 0.3) is 5.91 Å². The van der Waals surface area contributed by atoms with Gasteiger partial charge in [0.2, 0.25) is 0 Å². The van der Waals surface area contributed by atoms with Gasteiger partial charge in [-0.1, -0.05) is 0 Å². The number of nitrogens with zero attached hydrogens (tertiary/aromatic N) is 1. The van der Waals surface area contributed by atoms with E-state index >= 15 is 0 Å². The normalized spacial score (nSPS) is 16.9. The number of ether oxygens (including phenoxy) is 3. The molecule has 2 aliphatic heterocycles. The molecule has 0 aliphatic carbocycles. The van der Waals surface area contributed by atoms with E-state index in [0.717, 1.165) is 24.5 Å². The number of halogens is 6. The summed E-state index contributed by atoms with van der Waals surface area (Å²) in [6.07, 6.45) is -4.15. The van der Waals surface area contributed by atoms with Gasteiger partial charge in [0.15, 0.2) is 28.0 Å². The molecule has 0 radical (unpaired) electrons. The van der Waals surface area contributed by atoms with Crippen LogP contribution in [0.15, 0.2) is 35.2 Å². The van der Waals surface area contributed by atoms with Gasteiger partial charge in [-0.3, -0.25) is 4.79 Å². The lowest BCUT2D eigenvalue weighted by Crippen LogP contribution is -2.42. The van der Waals surface area contributed by atoms with Gasteiger partial charge >= 0.3 is 12.1 Å². The Balaban J connectivity index is 1.58. The highest BCUT2D eigenvalue weighted by atomic mass is 32.2.